The highest BCUT2D eigenvalue weighted by molar-refractivity contribution is 6.56. The van der Waals surface area contributed by atoms with E-state index >= 15 is 0 Å². The molecule has 1 aliphatic heterocycles. The molecule has 0 aromatic heterocycles. The van der Waals surface area contributed by atoms with Crippen LogP contribution in [-0.2, 0) is 14.0 Å². The number of rotatable bonds is 5. The van der Waals surface area contributed by atoms with Gasteiger partial charge in [-0.05, 0) is 72.1 Å². The Bertz CT molecular complexity index is 770. The summed E-state index contributed by atoms with van der Waals surface area (Å²) in [5, 5.41) is 3.36. The number of amides is 1. The van der Waals surface area contributed by atoms with Gasteiger partial charge in [0.2, 0.25) is 0 Å². The molecule has 0 bridgehead atoms. The SMILES string of the molecule is COc1cc(Cl)ccc1C=C(CNC(=O)OC(C)(C)C)B1OC(C)(C)C(C)(C)O1. The van der Waals surface area contributed by atoms with Crippen molar-refractivity contribution in [3.63, 3.8) is 0 Å². The van der Waals surface area contributed by atoms with E-state index in [1.165, 1.54) is 0 Å². The van der Waals surface area contributed by atoms with E-state index in [0.717, 1.165) is 11.0 Å². The van der Waals surface area contributed by atoms with Crippen LogP contribution in [0, 0.1) is 0 Å². The zero-order valence-electron chi connectivity index (χ0n) is 18.5. The van der Waals surface area contributed by atoms with Crippen molar-refractivity contribution in [2.75, 3.05) is 13.7 Å². The number of carbonyl (C=O) groups is 1. The molecule has 0 atom stereocenters. The number of carbonyl (C=O) groups excluding carboxylic acids is 1. The summed E-state index contributed by atoms with van der Waals surface area (Å²) in [4.78, 5) is 12.2. The maximum atomic E-state index is 12.2. The molecule has 1 aromatic rings. The molecule has 0 spiro atoms. The number of methoxy groups -OCH3 is 1. The summed E-state index contributed by atoms with van der Waals surface area (Å²) in [7, 11) is 0.950. The largest absolute Gasteiger partial charge is 0.496 e. The van der Waals surface area contributed by atoms with E-state index in [1.54, 1.807) is 19.2 Å². The van der Waals surface area contributed by atoms with Gasteiger partial charge in [-0.1, -0.05) is 17.7 Å². The van der Waals surface area contributed by atoms with Crippen molar-refractivity contribution in [1.82, 2.24) is 5.32 Å². The molecule has 1 aliphatic rings. The van der Waals surface area contributed by atoms with Crippen LogP contribution in [0.2, 0.25) is 5.02 Å². The molecule has 1 amide bonds. The molecule has 8 heteroatoms. The fourth-order valence-electron chi connectivity index (χ4n) is 2.69. The van der Waals surface area contributed by atoms with Gasteiger partial charge in [0.25, 0.3) is 0 Å². The van der Waals surface area contributed by atoms with Crippen LogP contribution in [0.5, 0.6) is 5.75 Å². The first-order chi connectivity index (χ1) is 13.2. The lowest BCUT2D eigenvalue weighted by molar-refractivity contribution is 0.00578. The lowest BCUT2D eigenvalue weighted by atomic mass is 9.77. The van der Waals surface area contributed by atoms with Gasteiger partial charge in [-0.2, -0.15) is 0 Å². The maximum absolute atomic E-state index is 12.2. The zero-order valence-corrected chi connectivity index (χ0v) is 19.3. The third kappa shape index (κ3) is 6.14. The number of ether oxygens (including phenoxy) is 2. The molecule has 1 heterocycles. The van der Waals surface area contributed by atoms with Gasteiger partial charge in [0.05, 0.1) is 18.3 Å². The minimum atomic E-state index is -0.629. The number of halogens is 1. The predicted molar refractivity (Wildman–Crippen MR) is 116 cm³/mol. The third-order valence-corrected chi connectivity index (χ3v) is 5.16. The first kappa shape index (κ1) is 23.6. The Morgan fingerprint density at radius 1 is 1.21 bits per heavy atom. The van der Waals surface area contributed by atoms with E-state index in [9.17, 15) is 4.79 Å². The lowest BCUT2D eigenvalue weighted by Gasteiger charge is -2.32. The maximum Gasteiger partial charge on any atom is 0.492 e. The molecule has 160 valence electrons. The minimum Gasteiger partial charge on any atom is -0.496 e. The second-order valence-corrected chi connectivity index (χ2v) is 9.49. The Kier molecular flexibility index (Phi) is 6.98. The number of nitrogens with one attached hydrogen (secondary N) is 1. The van der Waals surface area contributed by atoms with Crippen molar-refractivity contribution >= 4 is 30.9 Å². The molecule has 29 heavy (non-hydrogen) atoms. The van der Waals surface area contributed by atoms with Crippen molar-refractivity contribution in [3.05, 3.63) is 34.3 Å². The summed E-state index contributed by atoms with van der Waals surface area (Å²) in [6.45, 7) is 13.6. The second-order valence-electron chi connectivity index (χ2n) is 9.05. The molecule has 0 aliphatic carbocycles. The summed E-state index contributed by atoms with van der Waals surface area (Å²) in [6.07, 6.45) is 1.37. The fourth-order valence-corrected chi connectivity index (χ4v) is 2.85. The first-order valence-electron chi connectivity index (χ1n) is 9.60. The van der Waals surface area contributed by atoms with Gasteiger partial charge in [0, 0.05) is 17.1 Å². The molecule has 6 nitrogen and oxygen atoms in total. The predicted octanol–water partition coefficient (Wildman–Crippen LogP) is 4.89. The Hall–Kier alpha value is -1.70. The summed E-state index contributed by atoms with van der Waals surface area (Å²) >= 11 is 6.07. The van der Waals surface area contributed by atoms with Crippen LogP contribution in [0.15, 0.2) is 23.7 Å². The van der Waals surface area contributed by atoms with Crippen LogP contribution in [-0.4, -0.2) is 43.7 Å². The zero-order chi connectivity index (χ0) is 22.0. The fraction of sp³-hybridized carbons (Fsp3) is 0.571. The molecule has 1 fully saturated rings. The Morgan fingerprint density at radius 2 is 1.79 bits per heavy atom. The van der Waals surface area contributed by atoms with E-state index < -0.39 is 30.0 Å². The Morgan fingerprint density at radius 3 is 2.31 bits per heavy atom. The topological polar surface area (TPSA) is 66.0 Å². The van der Waals surface area contributed by atoms with Gasteiger partial charge in [-0.3, -0.25) is 0 Å². The first-order valence-corrected chi connectivity index (χ1v) is 9.98. The monoisotopic (exact) mass is 423 g/mol. The van der Waals surface area contributed by atoms with Crippen LogP contribution >= 0.6 is 11.6 Å². The highest BCUT2D eigenvalue weighted by atomic mass is 35.5. The Labute approximate surface area is 179 Å². The standard InChI is InChI=1S/C21H31BClNO5/c1-19(2,3)27-18(25)24-13-15(22-28-20(4,5)21(6,7)29-22)11-14-9-10-16(23)12-17(14)26-8/h9-12H,13H2,1-8H3,(H,24,25). The number of hydrogen-bond donors (Lipinski definition) is 1. The number of benzene rings is 1. The summed E-state index contributed by atoms with van der Waals surface area (Å²) in [6, 6.07) is 5.36. The summed E-state index contributed by atoms with van der Waals surface area (Å²) < 4.78 is 23.1. The average Bonchev–Trinajstić information content (AvgIpc) is 2.78. The lowest BCUT2D eigenvalue weighted by Crippen LogP contribution is -2.41. The highest BCUT2D eigenvalue weighted by Gasteiger charge is 2.52. The van der Waals surface area contributed by atoms with Crippen LogP contribution in [0.1, 0.15) is 54.0 Å². The molecule has 0 radical (unpaired) electrons. The Balaban J connectivity index is 2.33. The highest BCUT2D eigenvalue weighted by Crippen LogP contribution is 2.39. The van der Waals surface area contributed by atoms with Gasteiger partial charge in [-0.25, -0.2) is 4.79 Å². The van der Waals surface area contributed by atoms with Gasteiger partial charge in [-0.15, -0.1) is 0 Å². The normalized spacial score (nSPS) is 18.5. The number of alkyl carbamates (subject to hydrolysis) is 1. The molecule has 0 saturated carbocycles. The molecular weight excluding hydrogens is 392 g/mol. The van der Waals surface area contributed by atoms with Crippen molar-refractivity contribution in [1.29, 1.82) is 0 Å². The third-order valence-electron chi connectivity index (χ3n) is 4.93. The molecule has 1 N–H and O–H groups in total. The van der Waals surface area contributed by atoms with E-state index in [4.69, 9.17) is 30.4 Å². The average molecular weight is 424 g/mol. The molecule has 1 aromatic carbocycles. The van der Waals surface area contributed by atoms with Gasteiger partial charge in [0.15, 0.2) is 0 Å². The molecule has 1 saturated heterocycles. The molecule has 0 unspecified atom stereocenters. The van der Waals surface area contributed by atoms with Gasteiger partial charge >= 0.3 is 13.2 Å². The van der Waals surface area contributed by atoms with Crippen molar-refractivity contribution in [2.45, 2.75) is 65.3 Å². The minimum absolute atomic E-state index is 0.192. The van der Waals surface area contributed by atoms with E-state index in [-0.39, 0.29) is 6.54 Å². The molecular formula is C21H31BClNO5. The van der Waals surface area contributed by atoms with Crippen molar-refractivity contribution < 1.29 is 23.6 Å². The second kappa shape index (κ2) is 8.58. The summed E-state index contributed by atoms with van der Waals surface area (Å²) in [5.41, 5.74) is -0.0697. The van der Waals surface area contributed by atoms with Crippen LogP contribution < -0.4 is 10.1 Å². The van der Waals surface area contributed by atoms with Gasteiger partial charge < -0.3 is 24.1 Å². The van der Waals surface area contributed by atoms with E-state index in [1.807, 2.05) is 60.6 Å². The van der Waals surface area contributed by atoms with E-state index in [0.29, 0.717) is 10.8 Å². The van der Waals surface area contributed by atoms with Crippen LogP contribution in [0.4, 0.5) is 4.79 Å². The van der Waals surface area contributed by atoms with Crippen LogP contribution in [0.3, 0.4) is 0 Å². The van der Waals surface area contributed by atoms with Crippen molar-refractivity contribution in [3.8, 4) is 5.75 Å². The van der Waals surface area contributed by atoms with Crippen LogP contribution in [0.25, 0.3) is 6.08 Å². The smallest absolute Gasteiger partial charge is 0.492 e. The quantitative estimate of drug-likeness (QED) is 0.683. The van der Waals surface area contributed by atoms with Gasteiger partial charge in [0.1, 0.15) is 11.4 Å². The summed E-state index contributed by atoms with van der Waals surface area (Å²) in [5.74, 6) is 0.615. The number of hydrogen-bond acceptors (Lipinski definition) is 5. The molecule has 2 rings (SSSR count). The van der Waals surface area contributed by atoms with E-state index in [2.05, 4.69) is 5.32 Å². The van der Waals surface area contributed by atoms with Crippen molar-refractivity contribution in [2.24, 2.45) is 0 Å².